The van der Waals surface area contributed by atoms with Gasteiger partial charge in [-0.05, 0) is 19.1 Å². The van der Waals surface area contributed by atoms with E-state index in [4.69, 9.17) is 4.74 Å². The zero-order valence-corrected chi connectivity index (χ0v) is 10.6. The number of benzene rings is 1. The quantitative estimate of drug-likeness (QED) is 0.446. The second-order valence-corrected chi connectivity index (χ2v) is 4.93. The molecule has 0 radical (unpaired) electrons. The number of esters is 1. The monoisotopic (exact) mass is 271 g/mol. The number of carbonyl (C=O) groups is 1. The van der Waals surface area contributed by atoms with Gasteiger partial charge in [0.1, 0.15) is 0 Å². The smallest absolute Gasteiger partial charge is 0.306 e. The molecule has 0 N–H and O–H groups in total. The average Bonchev–Trinajstić information content (AvgIpc) is 2.36. The largest absolute Gasteiger partial charge is 0.466 e. The lowest BCUT2D eigenvalue weighted by Gasteiger charge is -2.02. The van der Waals surface area contributed by atoms with Crippen LogP contribution in [0.3, 0.4) is 0 Å². The lowest BCUT2D eigenvalue weighted by molar-refractivity contribution is -0.384. The Hall–Kier alpha value is -1.76. The van der Waals surface area contributed by atoms with Crippen LogP contribution in [0.25, 0.3) is 0 Å². The zero-order chi connectivity index (χ0) is 13.5. The Bertz CT molecular complexity index is 457. The summed E-state index contributed by atoms with van der Waals surface area (Å²) in [5.74, 6) is -0.246. The van der Waals surface area contributed by atoms with Crippen LogP contribution in [0.15, 0.2) is 29.2 Å². The molecule has 0 aliphatic rings. The number of carbonyl (C=O) groups excluding carboxylic acids is 1. The van der Waals surface area contributed by atoms with E-state index in [2.05, 4.69) is 0 Å². The highest BCUT2D eigenvalue weighted by atomic mass is 32.2. The summed E-state index contributed by atoms with van der Waals surface area (Å²) in [5.41, 5.74) is -0.0545. The number of ether oxygens (including phenoxy) is 1. The fourth-order valence-electron chi connectivity index (χ4n) is 1.25. The van der Waals surface area contributed by atoms with Crippen molar-refractivity contribution in [2.45, 2.75) is 18.2 Å². The Morgan fingerprint density at radius 2 is 2.00 bits per heavy atom. The molecular weight excluding hydrogens is 258 g/mol. The SMILES string of the molecule is CCOC(=O)CCS(=O)c1ccc([N+](=O)[O-])cc1. The summed E-state index contributed by atoms with van der Waals surface area (Å²) in [6, 6.07) is 5.44. The molecule has 0 aromatic heterocycles. The average molecular weight is 271 g/mol. The van der Waals surface area contributed by atoms with Gasteiger partial charge in [0, 0.05) is 22.8 Å². The van der Waals surface area contributed by atoms with Crippen LogP contribution >= 0.6 is 0 Å². The van der Waals surface area contributed by atoms with E-state index in [1.807, 2.05) is 0 Å². The lowest BCUT2D eigenvalue weighted by atomic mass is 10.3. The first-order valence-corrected chi connectivity index (χ1v) is 6.65. The van der Waals surface area contributed by atoms with Gasteiger partial charge in [0.2, 0.25) is 0 Å². The second kappa shape index (κ2) is 6.85. The Labute approximate surface area is 107 Å². The van der Waals surface area contributed by atoms with Crippen molar-refractivity contribution >= 4 is 22.5 Å². The van der Waals surface area contributed by atoms with E-state index in [9.17, 15) is 19.1 Å². The van der Waals surface area contributed by atoms with Gasteiger partial charge in [0.05, 0.1) is 28.8 Å². The minimum Gasteiger partial charge on any atom is -0.466 e. The summed E-state index contributed by atoms with van der Waals surface area (Å²) < 4.78 is 16.5. The number of nitrogens with zero attached hydrogens (tertiary/aromatic N) is 1. The van der Waals surface area contributed by atoms with Crippen molar-refractivity contribution in [3.63, 3.8) is 0 Å². The van der Waals surface area contributed by atoms with Crippen LogP contribution < -0.4 is 0 Å². The van der Waals surface area contributed by atoms with Gasteiger partial charge in [-0.2, -0.15) is 0 Å². The number of hydrogen-bond acceptors (Lipinski definition) is 5. The molecule has 1 rings (SSSR count). The molecule has 0 saturated carbocycles. The standard InChI is InChI=1S/C11H13NO5S/c1-2-17-11(13)7-8-18(16)10-5-3-9(4-6-10)12(14)15/h3-6H,2,7-8H2,1H3. The summed E-state index contributed by atoms with van der Waals surface area (Å²) in [6.07, 6.45) is 0.0669. The van der Waals surface area contributed by atoms with Crippen LogP contribution in [0.1, 0.15) is 13.3 Å². The Kier molecular flexibility index (Phi) is 5.44. The van der Waals surface area contributed by atoms with Gasteiger partial charge in [-0.1, -0.05) is 0 Å². The maximum Gasteiger partial charge on any atom is 0.306 e. The van der Waals surface area contributed by atoms with Crippen LogP contribution in [0.4, 0.5) is 5.69 Å². The second-order valence-electron chi connectivity index (χ2n) is 3.36. The highest BCUT2D eigenvalue weighted by molar-refractivity contribution is 7.85. The van der Waals surface area contributed by atoms with Gasteiger partial charge in [-0.25, -0.2) is 0 Å². The molecule has 0 amide bonds. The molecule has 0 aliphatic heterocycles. The van der Waals surface area contributed by atoms with Crippen LogP contribution in [-0.2, 0) is 20.3 Å². The van der Waals surface area contributed by atoms with Crippen molar-refractivity contribution in [2.24, 2.45) is 0 Å². The number of nitro benzene ring substituents is 1. The molecule has 1 aromatic rings. The van der Waals surface area contributed by atoms with Crippen molar-refractivity contribution in [2.75, 3.05) is 12.4 Å². The van der Waals surface area contributed by atoms with E-state index in [0.717, 1.165) is 0 Å². The predicted molar refractivity (Wildman–Crippen MR) is 65.6 cm³/mol. The molecule has 0 saturated heterocycles. The molecule has 0 aliphatic carbocycles. The molecule has 0 fully saturated rings. The highest BCUT2D eigenvalue weighted by Gasteiger charge is 2.10. The number of non-ortho nitro benzene ring substituents is 1. The van der Waals surface area contributed by atoms with E-state index in [0.29, 0.717) is 11.5 Å². The van der Waals surface area contributed by atoms with E-state index >= 15 is 0 Å². The summed E-state index contributed by atoms with van der Waals surface area (Å²) in [5, 5.41) is 10.4. The maximum absolute atomic E-state index is 11.8. The van der Waals surface area contributed by atoms with E-state index in [1.54, 1.807) is 6.92 Å². The molecule has 1 atom stereocenters. The van der Waals surface area contributed by atoms with Gasteiger partial charge >= 0.3 is 5.97 Å². The third-order valence-electron chi connectivity index (χ3n) is 2.11. The minimum absolute atomic E-state index is 0.0545. The first-order chi connectivity index (χ1) is 8.54. The van der Waals surface area contributed by atoms with Crippen molar-refractivity contribution in [3.8, 4) is 0 Å². The lowest BCUT2D eigenvalue weighted by Crippen LogP contribution is -2.09. The Morgan fingerprint density at radius 1 is 1.39 bits per heavy atom. The number of rotatable bonds is 6. The van der Waals surface area contributed by atoms with Crippen LogP contribution in [0.5, 0.6) is 0 Å². The van der Waals surface area contributed by atoms with Crippen LogP contribution in [0, 0.1) is 10.1 Å². The van der Waals surface area contributed by atoms with Crippen LogP contribution in [-0.4, -0.2) is 27.5 Å². The van der Waals surface area contributed by atoms with E-state index in [1.165, 1.54) is 24.3 Å². The first-order valence-electron chi connectivity index (χ1n) is 5.33. The summed E-state index contributed by atoms with van der Waals surface area (Å²) >= 11 is 0. The Balaban J connectivity index is 2.56. The van der Waals surface area contributed by atoms with Crippen molar-refractivity contribution in [3.05, 3.63) is 34.4 Å². The molecule has 98 valence electrons. The van der Waals surface area contributed by atoms with Gasteiger partial charge < -0.3 is 4.74 Å². The summed E-state index contributed by atoms with van der Waals surface area (Å²) in [6.45, 7) is 1.99. The van der Waals surface area contributed by atoms with Crippen molar-refractivity contribution in [1.29, 1.82) is 0 Å². The Morgan fingerprint density at radius 3 is 2.50 bits per heavy atom. The topological polar surface area (TPSA) is 86.5 Å². The molecule has 0 spiro atoms. The number of hydrogen-bond donors (Lipinski definition) is 0. The third kappa shape index (κ3) is 4.25. The van der Waals surface area contributed by atoms with Gasteiger partial charge in [-0.3, -0.25) is 19.1 Å². The molecule has 0 heterocycles. The van der Waals surface area contributed by atoms with Gasteiger partial charge in [0.15, 0.2) is 0 Å². The molecule has 1 unspecified atom stereocenters. The third-order valence-corrected chi connectivity index (χ3v) is 3.48. The van der Waals surface area contributed by atoms with Gasteiger partial charge in [0.25, 0.3) is 5.69 Å². The zero-order valence-electron chi connectivity index (χ0n) is 9.83. The summed E-state index contributed by atoms with van der Waals surface area (Å²) in [4.78, 5) is 21.5. The fourth-order valence-corrected chi connectivity index (χ4v) is 2.27. The van der Waals surface area contributed by atoms with E-state index in [-0.39, 0.29) is 17.9 Å². The van der Waals surface area contributed by atoms with Crippen LogP contribution in [0.2, 0.25) is 0 Å². The molecular formula is C11H13NO5S. The molecule has 6 nitrogen and oxygen atoms in total. The molecule has 18 heavy (non-hydrogen) atoms. The predicted octanol–water partition coefficient (Wildman–Crippen LogP) is 1.66. The molecule has 0 bridgehead atoms. The fraction of sp³-hybridized carbons (Fsp3) is 0.364. The summed E-state index contributed by atoms with van der Waals surface area (Å²) in [7, 11) is -1.35. The van der Waals surface area contributed by atoms with E-state index < -0.39 is 21.7 Å². The van der Waals surface area contributed by atoms with Gasteiger partial charge in [-0.15, -0.1) is 0 Å². The normalized spacial score (nSPS) is 11.8. The number of nitro groups is 1. The van der Waals surface area contributed by atoms with Crippen molar-refractivity contribution in [1.82, 2.24) is 0 Å². The molecule has 1 aromatic carbocycles. The maximum atomic E-state index is 11.8. The van der Waals surface area contributed by atoms with Crippen molar-refractivity contribution < 1.29 is 18.7 Å². The first kappa shape index (κ1) is 14.3. The minimum atomic E-state index is -1.35. The highest BCUT2D eigenvalue weighted by Crippen LogP contribution is 2.15. The molecule has 7 heteroatoms.